The summed E-state index contributed by atoms with van der Waals surface area (Å²) in [5, 5.41) is 5.58. The highest BCUT2D eigenvalue weighted by molar-refractivity contribution is 5.95. The Morgan fingerprint density at radius 1 is 1.50 bits per heavy atom. The van der Waals surface area contributed by atoms with Crippen LogP contribution < -0.4 is 10.6 Å². The molecular formula is C14H18FN3O2. The first-order valence-electron chi connectivity index (χ1n) is 6.68. The molecule has 108 valence electrons. The van der Waals surface area contributed by atoms with E-state index in [0.717, 1.165) is 0 Å². The van der Waals surface area contributed by atoms with Gasteiger partial charge in [0.05, 0.1) is 18.3 Å². The SMILES string of the molecule is CCC1NCCN(CC(=O)Nc2ccccc2F)C1=O. The third-order valence-corrected chi connectivity index (χ3v) is 3.27. The normalized spacial score (nSPS) is 19.0. The van der Waals surface area contributed by atoms with Crippen LogP contribution in [0, 0.1) is 5.82 Å². The molecular weight excluding hydrogens is 261 g/mol. The molecule has 1 aliphatic rings. The van der Waals surface area contributed by atoms with E-state index in [2.05, 4.69) is 10.6 Å². The summed E-state index contributed by atoms with van der Waals surface area (Å²) < 4.78 is 13.4. The van der Waals surface area contributed by atoms with Crippen LogP contribution in [0.25, 0.3) is 0 Å². The van der Waals surface area contributed by atoms with E-state index in [0.29, 0.717) is 19.5 Å². The lowest BCUT2D eigenvalue weighted by molar-refractivity contribution is -0.138. The summed E-state index contributed by atoms with van der Waals surface area (Å²) in [5.41, 5.74) is 0.132. The van der Waals surface area contributed by atoms with Crippen LogP contribution in [0.1, 0.15) is 13.3 Å². The lowest BCUT2D eigenvalue weighted by atomic mass is 10.1. The van der Waals surface area contributed by atoms with Gasteiger partial charge >= 0.3 is 0 Å². The van der Waals surface area contributed by atoms with Crippen LogP contribution in [0.4, 0.5) is 10.1 Å². The molecule has 5 nitrogen and oxygen atoms in total. The second-order valence-corrected chi connectivity index (χ2v) is 4.70. The molecule has 0 spiro atoms. The van der Waals surface area contributed by atoms with Crippen molar-refractivity contribution in [1.82, 2.24) is 10.2 Å². The minimum atomic E-state index is -0.487. The molecule has 1 aromatic carbocycles. The number of hydrogen-bond acceptors (Lipinski definition) is 3. The third kappa shape index (κ3) is 3.33. The van der Waals surface area contributed by atoms with Gasteiger partial charge in [-0.05, 0) is 18.6 Å². The summed E-state index contributed by atoms with van der Waals surface area (Å²) in [7, 11) is 0. The number of rotatable bonds is 4. The number of para-hydroxylation sites is 1. The Hall–Kier alpha value is -1.95. The monoisotopic (exact) mass is 279 g/mol. The van der Waals surface area contributed by atoms with Crippen molar-refractivity contribution in [2.24, 2.45) is 0 Å². The maximum absolute atomic E-state index is 13.4. The number of benzene rings is 1. The first kappa shape index (κ1) is 14.5. The number of halogens is 1. The van der Waals surface area contributed by atoms with E-state index in [-0.39, 0.29) is 30.1 Å². The summed E-state index contributed by atoms with van der Waals surface area (Å²) >= 11 is 0. The van der Waals surface area contributed by atoms with Crippen molar-refractivity contribution in [3.63, 3.8) is 0 Å². The fraction of sp³-hybridized carbons (Fsp3) is 0.429. The van der Waals surface area contributed by atoms with E-state index in [4.69, 9.17) is 0 Å². The second-order valence-electron chi connectivity index (χ2n) is 4.70. The molecule has 0 aliphatic carbocycles. The molecule has 20 heavy (non-hydrogen) atoms. The third-order valence-electron chi connectivity index (χ3n) is 3.27. The van der Waals surface area contributed by atoms with E-state index in [1.54, 1.807) is 12.1 Å². The summed E-state index contributed by atoms with van der Waals surface area (Å²) in [6.07, 6.45) is 0.685. The Morgan fingerprint density at radius 3 is 2.95 bits per heavy atom. The largest absolute Gasteiger partial charge is 0.331 e. The van der Waals surface area contributed by atoms with Gasteiger partial charge in [-0.2, -0.15) is 0 Å². The average molecular weight is 279 g/mol. The van der Waals surface area contributed by atoms with Gasteiger partial charge in [0.2, 0.25) is 11.8 Å². The van der Waals surface area contributed by atoms with Crippen LogP contribution in [0.5, 0.6) is 0 Å². The Labute approximate surface area is 117 Å². The molecule has 1 aromatic rings. The molecule has 1 fully saturated rings. The molecule has 6 heteroatoms. The van der Waals surface area contributed by atoms with Crippen molar-refractivity contribution in [1.29, 1.82) is 0 Å². The zero-order valence-electron chi connectivity index (χ0n) is 11.4. The molecule has 1 unspecified atom stereocenters. The van der Waals surface area contributed by atoms with Crippen molar-refractivity contribution in [2.45, 2.75) is 19.4 Å². The van der Waals surface area contributed by atoms with Crippen LogP contribution in [-0.4, -0.2) is 42.4 Å². The number of hydrogen-bond donors (Lipinski definition) is 2. The van der Waals surface area contributed by atoms with Crippen LogP contribution in [0.3, 0.4) is 0 Å². The summed E-state index contributed by atoms with van der Waals surface area (Å²) in [6.45, 7) is 3.01. The number of anilines is 1. The quantitative estimate of drug-likeness (QED) is 0.863. The molecule has 1 atom stereocenters. The van der Waals surface area contributed by atoms with E-state index < -0.39 is 5.82 Å². The highest BCUT2D eigenvalue weighted by Crippen LogP contribution is 2.12. The molecule has 0 aromatic heterocycles. The molecule has 2 N–H and O–H groups in total. The highest BCUT2D eigenvalue weighted by Gasteiger charge is 2.28. The average Bonchev–Trinajstić information content (AvgIpc) is 2.44. The molecule has 2 rings (SSSR count). The maximum atomic E-state index is 13.4. The van der Waals surface area contributed by atoms with Gasteiger partial charge in [0.25, 0.3) is 0 Å². The van der Waals surface area contributed by atoms with Gasteiger partial charge in [-0.3, -0.25) is 9.59 Å². The summed E-state index contributed by atoms with van der Waals surface area (Å²) in [5.74, 6) is -0.957. The Kier molecular flexibility index (Phi) is 4.68. The summed E-state index contributed by atoms with van der Waals surface area (Å²) in [4.78, 5) is 25.4. The number of nitrogens with one attached hydrogen (secondary N) is 2. The molecule has 0 saturated carbocycles. The molecule has 2 amide bonds. The predicted octanol–water partition coefficient (Wildman–Crippen LogP) is 0.975. The first-order valence-corrected chi connectivity index (χ1v) is 6.68. The van der Waals surface area contributed by atoms with Crippen molar-refractivity contribution in [2.75, 3.05) is 25.0 Å². The van der Waals surface area contributed by atoms with Crippen LogP contribution in [0.2, 0.25) is 0 Å². The van der Waals surface area contributed by atoms with Gasteiger partial charge in [-0.25, -0.2) is 4.39 Å². The number of amides is 2. The minimum Gasteiger partial charge on any atom is -0.331 e. The van der Waals surface area contributed by atoms with E-state index in [1.165, 1.54) is 17.0 Å². The van der Waals surface area contributed by atoms with Crippen molar-refractivity contribution >= 4 is 17.5 Å². The van der Waals surface area contributed by atoms with Gasteiger partial charge in [-0.1, -0.05) is 19.1 Å². The maximum Gasteiger partial charge on any atom is 0.244 e. The molecule has 1 saturated heterocycles. The number of carbonyl (C=O) groups excluding carboxylic acids is 2. The van der Waals surface area contributed by atoms with Gasteiger partial charge in [0.15, 0.2) is 0 Å². The fourth-order valence-corrected chi connectivity index (χ4v) is 2.19. The smallest absolute Gasteiger partial charge is 0.244 e. The number of nitrogens with zero attached hydrogens (tertiary/aromatic N) is 1. The Morgan fingerprint density at radius 2 is 2.25 bits per heavy atom. The van der Waals surface area contributed by atoms with Gasteiger partial charge < -0.3 is 15.5 Å². The van der Waals surface area contributed by atoms with Crippen molar-refractivity contribution < 1.29 is 14.0 Å². The topological polar surface area (TPSA) is 61.4 Å². The molecule has 1 heterocycles. The zero-order chi connectivity index (χ0) is 14.5. The van der Waals surface area contributed by atoms with Crippen LogP contribution in [0.15, 0.2) is 24.3 Å². The fourth-order valence-electron chi connectivity index (χ4n) is 2.19. The van der Waals surface area contributed by atoms with Gasteiger partial charge in [0.1, 0.15) is 5.82 Å². The Balaban J connectivity index is 1.94. The van der Waals surface area contributed by atoms with Gasteiger partial charge in [-0.15, -0.1) is 0 Å². The van der Waals surface area contributed by atoms with E-state index >= 15 is 0 Å². The second kappa shape index (κ2) is 6.47. The van der Waals surface area contributed by atoms with E-state index in [1.807, 2.05) is 6.92 Å². The molecule has 0 radical (unpaired) electrons. The lowest BCUT2D eigenvalue weighted by Crippen LogP contribution is -2.56. The minimum absolute atomic E-state index is 0.0503. The van der Waals surface area contributed by atoms with E-state index in [9.17, 15) is 14.0 Å². The predicted molar refractivity (Wildman–Crippen MR) is 73.7 cm³/mol. The molecule has 0 bridgehead atoms. The standard InChI is InChI=1S/C14H18FN3O2/c1-2-11-14(20)18(8-7-16-11)9-13(19)17-12-6-4-3-5-10(12)15/h3-6,11,16H,2,7-9H2,1H3,(H,17,19). The Bertz CT molecular complexity index is 507. The number of piperazine rings is 1. The van der Waals surface area contributed by atoms with Crippen molar-refractivity contribution in [3.8, 4) is 0 Å². The van der Waals surface area contributed by atoms with Gasteiger partial charge in [0, 0.05) is 13.1 Å². The number of carbonyl (C=O) groups is 2. The zero-order valence-corrected chi connectivity index (χ0v) is 11.4. The summed E-state index contributed by atoms with van der Waals surface area (Å²) in [6, 6.07) is 5.73. The first-order chi connectivity index (χ1) is 9.61. The van der Waals surface area contributed by atoms with Crippen LogP contribution >= 0.6 is 0 Å². The van der Waals surface area contributed by atoms with Crippen LogP contribution in [-0.2, 0) is 9.59 Å². The molecule has 1 aliphatic heterocycles. The lowest BCUT2D eigenvalue weighted by Gasteiger charge is -2.32. The van der Waals surface area contributed by atoms with Crippen molar-refractivity contribution in [3.05, 3.63) is 30.1 Å². The highest BCUT2D eigenvalue weighted by atomic mass is 19.1.